The van der Waals surface area contributed by atoms with E-state index in [0.717, 1.165) is 0 Å². The van der Waals surface area contributed by atoms with Gasteiger partial charge in [-0.1, -0.05) is 5.16 Å². The van der Waals surface area contributed by atoms with Crippen molar-refractivity contribution in [1.29, 1.82) is 0 Å². The summed E-state index contributed by atoms with van der Waals surface area (Å²) in [5.74, 6) is -0.892. The van der Waals surface area contributed by atoms with E-state index in [0.29, 0.717) is 11.4 Å². The molecule has 0 aromatic carbocycles. The van der Waals surface area contributed by atoms with Gasteiger partial charge in [0.05, 0.1) is 5.69 Å². The highest BCUT2D eigenvalue weighted by Crippen LogP contribution is 2.20. The molecule has 0 saturated carbocycles. The Morgan fingerprint density at radius 3 is 2.87 bits per heavy atom. The van der Waals surface area contributed by atoms with Gasteiger partial charge >= 0.3 is 0 Å². The maximum Gasteiger partial charge on any atom is 0.290 e. The topological polar surface area (TPSA) is 121 Å². The van der Waals surface area contributed by atoms with Crippen LogP contribution in [0.1, 0.15) is 10.6 Å². The first-order valence-electron chi connectivity index (χ1n) is 4.03. The number of carbonyl (C=O) groups excluding carboxylic acids is 1. The fourth-order valence-corrected chi connectivity index (χ4v) is 1.02. The SMILES string of the molecule is NC(=O)c1noc(-c2ncccc2N)n1. The number of anilines is 1. The van der Waals surface area contributed by atoms with Crippen LogP contribution in [0, 0.1) is 0 Å². The number of nitrogens with two attached hydrogens (primary N) is 2. The van der Waals surface area contributed by atoms with E-state index in [1.54, 1.807) is 12.1 Å². The summed E-state index contributed by atoms with van der Waals surface area (Å²) in [5, 5.41) is 3.38. The zero-order chi connectivity index (χ0) is 10.8. The lowest BCUT2D eigenvalue weighted by Crippen LogP contribution is -2.12. The van der Waals surface area contributed by atoms with Gasteiger partial charge in [0, 0.05) is 6.20 Å². The highest BCUT2D eigenvalue weighted by atomic mass is 16.5. The lowest BCUT2D eigenvalue weighted by atomic mass is 10.3. The number of pyridine rings is 1. The van der Waals surface area contributed by atoms with Gasteiger partial charge in [0.2, 0.25) is 0 Å². The molecule has 0 saturated heterocycles. The number of rotatable bonds is 2. The van der Waals surface area contributed by atoms with Crippen LogP contribution in [0.5, 0.6) is 0 Å². The van der Waals surface area contributed by atoms with Crippen molar-refractivity contribution in [1.82, 2.24) is 15.1 Å². The summed E-state index contributed by atoms with van der Waals surface area (Å²) >= 11 is 0. The number of carbonyl (C=O) groups is 1. The minimum Gasteiger partial charge on any atom is -0.397 e. The Kier molecular flexibility index (Phi) is 2.05. The third-order valence-electron chi connectivity index (χ3n) is 1.69. The van der Waals surface area contributed by atoms with Gasteiger partial charge in [0.15, 0.2) is 5.69 Å². The summed E-state index contributed by atoms with van der Waals surface area (Å²) in [4.78, 5) is 18.4. The molecule has 0 atom stereocenters. The quantitative estimate of drug-likeness (QED) is 0.700. The van der Waals surface area contributed by atoms with E-state index in [1.165, 1.54) is 6.20 Å². The lowest BCUT2D eigenvalue weighted by Gasteiger charge is -1.96. The molecule has 0 unspecified atom stereocenters. The van der Waals surface area contributed by atoms with Gasteiger partial charge in [-0.15, -0.1) is 0 Å². The van der Waals surface area contributed by atoms with Crippen molar-refractivity contribution < 1.29 is 9.32 Å². The van der Waals surface area contributed by atoms with Gasteiger partial charge < -0.3 is 16.0 Å². The molecule has 0 aliphatic carbocycles. The van der Waals surface area contributed by atoms with Crippen LogP contribution in [0.4, 0.5) is 5.69 Å². The van der Waals surface area contributed by atoms with Gasteiger partial charge in [0.1, 0.15) is 0 Å². The van der Waals surface area contributed by atoms with Gasteiger partial charge in [-0.3, -0.25) is 4.79 Å². The molecular weight excluding hydrogens is 198 g/mol. The molecule has 2 aromatic heterocycles. The van der Waals surface area contributed by atoms with Crippen LogP contribution in [-0.2, 0) is 0 Å². The molecule has 7 heteroatoms. The maximum atomic E-state index is 10.7. The second kappa shape index (κ2) is 3.37. The maximum absolute atomic E-state index is 10.7. The highest BCUT2D eigenvalue weighted by molar-refractivity contribution is 5.89. The van der Waals surface area contributed by atoms with Crippen LogP contribution in [0.15, 0.2) is 22.9 Å². The van der Waals surface area contributed by atoms with Crippen LogP contribution >= 0.6 is 0 Å². The molecule has 76 valence electrons. The molecule has 1 amide bonds. The molecule has 15 heavy (non-hydrogen) atoms. The summed E-state index contributed by atoms with van der Waals surface area (Å²) in [7, 11) is 0. The Bertz CT molecular complexity index is 507. The average Bonchev–Trinajstić information content (AvgIpc) is 2.67. The molecule has 0 fully saturated rings. The molecule has 4 N–H and O–H groups in total. The number of nitrogen functional groups attached to an aromatic ring is 1. The van der Waals surface area contributed by atoms with Crippen molar-refractivity contribution >= 4 is 11.6 Å². The second-order valence-electron chi connectivity index (χ2n) is 2.73. The van der Waals surface area contributed by atoms with Crippen LogP contribution in [0.25, 0.3) is 11.6 Å². The smallest absolute Gasteiger partial charge is 0.290 e. The van der Waals surface area contributed by atoms with Crippen LogP contribution in [0.2, 0.25) is 0 Å². The van der Waals surface area contributed by atoms with Crippen molar-refractivity contribution in [3.05, 3.63) is 24.2 Å². The summed E-state index contributed by atoms with van der Waals surface area (Å²) in [6, 6.07) is 3.31. The Labute approximate surface area is 84.1 Å². The van der Waals surface area contributed by atoms with Gasteiger partial charge in [0.25, 0.3) is 17.6 Å². The number of primary amides is 1. The van der Waals surface area contributed by atoms with Gasteiger partial charge in [-0.05, 0) is 12.1 Å². The number of hydrogen-bond acceptors (Lipinski definition) is 6. The third kappa shape index (κ3) is 1.62. The van der Waals surface area contributed by atoms with Crippen molar-refractivity contribution in [2.24, 2.45) is 5.73 Å². The summed E-state index contributed by atoms with van der Waals surface area (Å²) in [6.07, 6.45) is 1.53. The van der Waals surface area contributed by atoms with E-state index >= 15 is 0 Å². The van der Waals surface area contributed by atoms with Gasteiger partial charge in [-0.2, -0.15) is 4.98 Å². The first-order valence-corrected chi connectivity index (χ1v) is 4.03. The van der Waals surface area contributed by atoms with Crippen molar-refractivity contribution in [3.8, 4) is 11.6 Å². The van der Waals surface area contributed by atoms with Crippen molar-refractivity contribution in [2.45, 2.75) is 0 Å². The molecule has 2 rings (SSSR count). The van der Waals surface area contributed by atoms with Crippen LogP contribution in [0.3, 0.4) is 0 Å². The second-order valence-corrected chi connectivity index (χ2v) is 2.73. The predicted octanol–water partition coefficient (Wildman–Crippen LogP) is -0.187. The Morgan fingerprint density at radius 2 is 2.27 bits per heavy atom. The van der Waals surface area contributed by atoms with E-state index in [2.05, 4.69) is 15.1 Å². The normalized spacial score (nSPS) is 10.1. The van der Waals surface area contributed by atoms with Gasteiger partial charge in [-0.25, -0.2) is 4.98 Å². The molecule has 7 nitrogen and oxygen atoms in total. The molecular formula is C8H7N5O2. The molecule has 0 aliphatic rings. The minimum absolute atomic E-state index is 0.0712. The fraction of sp³-hybridized carbons (Fsp3) is 0. The molecule has 0 spiro atoms. The fourth-order valence-electron chi connectivity index (χ4n) is 1.02. The van der Waals surface area contributed by atoms with E-state index < -0.39 is 5.91 Å². The third-order valence-corrected chi connectivity index (χ3v) is 1.69. The molecule has 0 bridgehead atoms. The van der Waals surface area contributed by atoms with Crippen LogP contribution < -0.4 is 11.5 Å². The van der Waals surface area contributed by atoms with Crippen LogP contribution in [-0.4, -0.2) is 21.0 Å². The highest BCUT2D eigenvalue weighted by Gasteiger charge is 2.15. The average molecular weight is 205 g/mol. The minimum atomic E-state index is -0.764. The number of aromatic nitrogens is 3. The number of hydrogen-bond donors (Lipinski definition) is 2. The molecule has 0 radical (unpaired) electrons. The number of amides is 1. The first-order chi connectivity index (χ1) is 7.18. The van der Waals surface area contributed by atoms with E-state index in [9.17, 15) is 4.79 Å². The van der Waals surface area contributed by atoms with Crippen molar-refractivity contribution in [3.63, 3.8) is 0 Å². The Morgan fingerprint density at radius 1 is 1.47 bits per heavy atom. The van der Waals surface area contributed by atoms with E-state index in [4.69, 9.17) is 16.0 Å². The standard InChI is InChI=1S/C8H7N5O2/c9-4-2-1-3-11-5(4)8-12-7(6(10)14)13-15-8/h1-3H,9H2,(H2,10,14). The molecule has 0 aliphatic heterocycles. The number of nitrogens with zero attached hydrogens (tertiary/aromatic N) is 3. The van der Waals surface area contributed by atoms with E-state index in [-0.39, 0.29) is 11.7 Å². The molecule has 2 heterocycles. The largest absolute Gasteiger partial charge is 0.397 e. The monoisotopic (exact) mass is 205 g/mol. The summed E-state index contributed by atoms with van der Waals surface area (Å²) < 4.78 is 4.79. The predicted molar refractivity (Wildman–Crippen MR) is 50.5 cm³/mol. The Balaban J connectivity index is 2.46. The summed E-state index contributed by atoms with van der Waals surface area (Å²) in [5.41, 5.74) is 11.3. The lowest BCUT2D eigenvalue weighted by molar-refractivity contribution is 0.0987. The zero-order valence-electron chi connectivity index (χ0n) is 7.54. The van der Waals surface area contributed by atoms with E-state index in [1.807, 2.05) is 0 Å². The Hall–Kier alpha value is -2.44. The molecule has 2 aromatic rings. The van der Waals surface area contributed by atoms with Crippen molar-refractivity contribution in [2.75, 3.05) is 5.73 Å². The summed E-state index contributed by atoms with van der Waals surface area (Å²) in [6.45, 7) is 0. The zero-order valence-corrected chi connectivity index (χ0v) is 7.54. The first kappa shape index (κ1) is 9.13.